The molecule has 0 aliphatic carbocycles. The molecule has 27 heavy (non-hydrogen) atoms. The van der Waals surface area contributed by atoms with Crippen LogP contribution in [0.1, 0.15) is 5.56 Å². The fourth-order valence-electron chi connectivity index (χ4n) is 2.67. The van der Waals surface area contributed by atoms with Crippen molar-refractivity contribution in [2.75, 3.05) is 0 Å². The molecule has 0 radical (unpaired) electrons. The largest absolute Gasteiger partial charge is 0.481 e. The van der Waals surface area contributed by atoms with E-state index in [0.717, 1.165) is 24.3 Å². The minimum absolute atomic E-state index is 0.125. The maximum atomic E-state index is 13.7. The highest BCUT2D eigenvalue weighted by Crippen LogP contribution is 2.43. The van der Waals surface area contributed by atoms with Crippen LogP contribution in [-0.2, 0) is 11.2 Å². The van der Waals surface area contributed by atoms with E-state index < -0.39 is 48.0 Å². The maximum Gasteiger partial charge on any atom is 0.426 e. The van der Waals surface area contributed by atoms with Gasteiger partial charge in [-0.3, -0.25) is 4.79 Å². The molecule has 0 spiro atoms. The summed E-state index contributed by atoms with van der Waals surface area (Å²) in [7, 11) is 0. The van der Waals surface area contributed by atoms with Crippen molar-refractivity contribution < 1.29 is 41.3 Å². The lowest BCUT2D eigenvalue weighted by Crippen LogP contribution is -2.47. The Morgan fingerprint density at radius 1 is 1.19 bits per heavy atom. The van der Waals surface area contributed by atoms with Crippen molar-refractivity contribution in [1.82, 2.24) is 0 Å². The molecule has 2 aromatic carbocycles. The van der Waals surface area contributed by atoms with E-state index in [1.54, 1.807) is 0 Å². The number of halogens is 6. The number of hydrogen-bond donors (Lipinski definition) is 1. The number of ether oxygens (including phenoxy) is 2. The summed E-state index contributed by atoms with van der Waals surface area (Å²) in [5.41, 5.74) is 0.125. The molecular weight excluding hydrogens is 399 g/mol. The van der Waals surface area contributed by atoms with Crippen LogP contribution in [0.3, 0.4) is 0 Å². The summed E-state index contributed by atoms with van der Waals surface area (Å²) in [6.07, 6.45) is -7.96. The summed E-state index contributed by atoms with van der Waals surface area (Å²) in [6.45, 7) is 0. The van der Waals surface area contributed by atoms with E-state index in [4.69, 9.17) is 26.2 Å². The van der Waals surface area contributed by atoms with Gasteiger partial charge in [-0.15, -0.1) is 0 Å². The Balaban J connectivity index is 1.98. The van der Waals surface area contributed by atoms with Crippen LogP contribution in [0, 0.1) is 17.6 Å². The van der Waals surface area contributed by atoms with Crippen molar-refractivity contribution in [3.8, 4) is 17.2 Å². The van der Waals surface area contributed by atoms with E-state index in [1.807, 2.05) is 0 Å². The molecule has 0 saturated heterocycles. The van der Waals surface area contributed by atoms with Crippen LogP contribution in [-0.4, -0.2) is 23.4 Å². The molecular formula is C17H10ClF5O4. The maximum absolute atomic E-state index is 13.7. The van der Waals surface area contributed by atoms with Gasteiger partial charge in [0.05, 0.1) is 5.02 Å². The number of carboxylic acids is 1. The molecule has 0 saturated carbocycles. The average molecular weight is 409 g/mol. The predicted molar refractivity (Wildman–Crippen MR) is 83.2 cm³/mol. The summed E-state index contributed by atoms with van der Waals surface area (Å²) in [5.74, 6) is -6.31. The quantitative estimate of drug-likeness (QED) is 0.728. The average Bonchev–Trinajstić information content (AvgIpc) is 2.56. The third-order valence-electron chi connectivity index (χ3n) is 3.93. The van der Waals surface area contributed by atoms with Gasteiger partial charge in [0.2, 0.25) is 6.10 Å². The van der Waals surface area contributed by atoms with Crippen LogP contribution >= 0.6 is 11.6 Å². The smallest absolute Gasteiger partial charge is 0.426 e. The van der Waals surface area contributed by atoms with Crippen molar-refractivity contribution in [1.29, 1.82) is 0 Å². The number of benzene rings is 2. The van der Waals surface area contributed by atoms with Crippen molar-refractivity contribution in [3.63, 3.8) is 0 Å². The lowest BCUT2D eigenvalue weighted by atomic mass is 9.90. The van der Waals surface area contributed by atoms with Crippen LogP contribution in [0.4, 0.5) is 22.0 Å². The number of carbonyl (C=O) groups is 1. The van der Waals surface area contributed by atoms with Gasteiger partial charge in [0.1, 0.15) is 23.2 Å². The van der Waals surface area contributed by atoms with Gasteiger partial charge in [0.25, 0.3) is 0 Å². The third kappa shape index (κ3) is 3.92. The molecule has 1 aliphatic heterocycles. The first kappa shape index (κ1) is 19.2. The van der Waals surface area contributed by atoms with Gasteiger partial charge >= 0.3 is 12.1 Å². The van der Waals surface area contributed by atoms with Gasteiger partial charge in [0, 0.05) is 12.1 Å². The standard InChI is InChI=1S/C17H10ClF5O4/c18-10-4-7-3-9(16(24)25)15(17(21,22)23)27-12(7)6-13(10)26-14-5-8(19)1-2-11(14)20/h1-2,4-6,9,15H,3H2,(H,24,25). The monoisotopic (exact) mass is 408 g/mol. The minimum atomic E-state index is -4.92. The number of carboxylic acid groups (broad SMARTS) is 1. The first-order chi connectivity index (χ1) is 12.6. The second-order valence-electron chi connectivity index (χ2n) is 5.80. The lowest BCUT2D eigenvalue weighted by Gasteiger charge is -2.32. The Labute approximate surface area is 154 Å². The summed E-state index contributed by atoms with van der Waals surface area (Å²) in [5, 5.41) is 8.93. The summed E-state index contributed by atoms with van der Waals surface area (Å²) in [4.78, 5) is 11.2. The Hall–Kier alpha value is -2.55. The molecule has 2 aromatic rings. The van der Waals surface area contributed by atoms with E-state index >= 15 is 0 Å². The molecule has 10 heteroatoms. The zero-order valence-electron chi connectivity index (χ0n) is 13.2. The number of aliphatic carboxylic acids is 1. The Morgan fingerprint density at radius 3 is 2.52 bits per heavy atom. The normalized spacial score (nSPS) is 19.2. The second-order valence-corrected chi connectivity index (χ2v) is 6.20. The van der Waals surface area contributed by atoms with E-state index in [-0.39, 0.29) is 22.1 Å². The van der Waals surface area contributed by atoms with Gasteiger partial charge in [-0.1, -0.05) is 11.6 Å². The second kappa shape index (κ2) is 6.88. The molecule has 0 fully saturated rings. The Morgan fingerprint density at radius 2 is 1.89 bits per heavy atom. The SMILES string of the molecule is O=C(O)C1Cc2cc(Cl)c(Oc3cc(F)ccc3F)cc2OC1C(F)(F)F. The highest BCUT2D eigenvalue weighted by molar-refractivity contribution is 6.32. The van der Waals surface area contributed by atoms with E-state index in [2.05, 4.69) is 0 Å². The Bertz CT molecular complexity index is 900. The summed E-state index contributed by atoms with van der Waals surface area (Å²) < 4.78 is 76.3. The van der Waals surface area contributed by atoms with Crippen LogP contribution in [0.15, 0.2) is 30.3 Å². The summed E-state index contributed by atoms with van der Waals surface area (Å²) >= 11 is 5.99. The molecule has 1 heterocycles. The van der Waals surface area contributed by atoms with E-state index in [9.17, 15) is 26.7 Å². The van der Waals surface area contributed by atoms with Crippen LogP contribution in [0.25, 0.3) is 0 Å². The molecule has 1 N–H and O–H groups in total. The number of hydrogen-bond acceptors (Lipinski definition) is 3. The summed E-state index contributed by atoms with van der Waals surface area (Å²) in [6, 6.07) is 4.57. The molecule has 2 unspecified atom stereocenters. The molecule has 0 aromatic heterocycles. The molecule has 0 amide bonds. The van der Waals surface area contributed by atoms with Gasteiger partial charge in [-0.25, -0.2) is 8.78 Å². The third-order valence-corrected chi connectivity index (χ3v) is 4.22. The van der Waals surface area contributed by atoms with Crippen molar-refractivity contribution >= 4 is 17.6 Å². The fraction of sp³-hybridized carbons (Fsp3) is 0.235. The predicted octanol–water partition coefficient (Wildman–Crippen LogP) is 4.98. The zero-order valence-corrected chi connectivity index (χ0v) is 13.9. The Kier molecular flexibility index (Phi) is 4.90. The molecule has 0 bridgehead atoms. The molecule has 144 valence electrons. The van der Waals surface area contributed by atoms with Crippen LogP contribution < -0.4 is 9.47 Å². The molecule has 3 rings (SSSR count). The van der Waals surface area contributed by atoms with Crippen LogP contribution in [0.5, 0.6) is 17.2 Å². The topological polar surface area (TPSA) is 55.8 Å². The fourth-order valence-corrected chi connectivity index (χ4v) is 2.90. The first-order valence-corrected chi connectivity index (χ1v) is 7.85. The van der Waals surface area contributed by atoms with Gasteiger partial charge in [-0.2, -0.15) is 13.2 Å². The molecule has 4 nitrogen and oxygen atoms in total. The minimum Gasteiger partial charge on any atom is -0.481 e. The van der Waals surface area contributed by atoms with Crippen molar-refractivity contribution in [3.05, 3.63) is 52.6 Å². The zero-order chi connectivity index (χ0) is 19.9. The van der Waals surface area contributed by atoms with Crippen molar-refractivity contribution in [2.45, 2.75) is 18.7 Å². The highest BCUT2D eigenvalue weighted by atomic mass is 35.5. The lowest BCUT2D eigenvalue weighted by molar-refractivity contribution is -0.217. The van der Waals surface area contributed by atoms with Crippen molar-refractivity contribution in [2.24, 2.45) is 5.92 Å². The van der Waals surface area contributed by atoms with E-state index in [1.165, 1.54) is 6.07 Å². The molecule has 2 atom stereocenters. The van der Waals surface area contributed by atoms with Gasteiger partial charge < -0.3 is 14.6 Å². The van der Waals surface area contributed by atoms with Crippen LogP contribution in [0.2, 0.25) is 5.02 Å². The highest BCUT2D eigenvalue weighted by Gasteiger charge is 2.52. The number of alkyl halides is 3. The van der Waals surface area contributed by atoms with Gasteiger partial charge in [-0.05, 0) is 30.2 Å². The van der Waals surface area contributed by atoms with Gasteiger partial charge in [0.15, 0.2) is 11.6 Å². The number of fused-ring (bicyclic) bond motifs is 1. The number of rotatable bonds is 3. The first-order valence-electron chi connectivity index (χ1n) is 7.47. The van der Waals surface area contributed by atoms with E-state index in [0.29, 0.717) is 0 Å². The molecule has 1 aliphatic rings.